The van der Waals surface area contributed by atoms with E-state index in [0.29, 0.717) is 17.2 Å². The van der Waals surface area contributed by atoms with Gasteiger partial charge in [0.15, 0.2) is 11.6 Å². The van der Waals surface area contributed by atoms with Crippen LogP contribution >= 0.6 is 11.6 Å². The number of anilines is 2. The minimum atomic E-state index is -0.954. The van der Waals surface area contributed by atoms with Gasteiger partial charge in [0.05, 0.1) is 5.69 Å². The maximum Gasteiger partial charge on any atom is 0.182 e. The highest BCUT2D eigenvalue weighted by Gasteiger charge is 2.12. The molecule has 6 heteroatoms. The topological polar surface area (TPSA) is 37.8 Å². The van der Waals surface area contributed by atoms with Gasteiger partial charge in [-0.1, -0.05) is 17.7 Å². The van der Waals surface area contributed by atoms with Crippen molar-refractivity contribution in [2.45, 2.75) is 13.8 Å². The molecule has 0 amide bonds. The fraction of sp³-hybridized carbons (Fsp3) is 0.167. The van der Waals surface area contributed by atoms with E-state index in [1.54, 1.807) is 13.8 Å². The van der Waals surface area contributed by atoms with Crippen molar-refractivity contribution < 1.29 is 8.78 Å². The number of nitrogens with zero attached hydrogens (tertiary/aromatic N) is 2. The fourth-order valence-corrected chi connectivity index (χ4v) is 1.66. The van der Waals surface area contributed by atoms with Gasteiger partial charge in [-0.25, -0.2) is 18.7 Å². The van der Waals surface area contributed by atoms with Crippen molar-refractivity contribution in [2.24, 2.45) is 0 Å². The predicted molar refractivity (Wildman–Crippen MR) is 66.2 cm³/mol. The number of nitrogens with one attached hydrogen (secondary N) is 1. The average molecular weight is 270 g/mol. The van der Waals surface area contributed by atoms with E-state index in [-0.39, 0.29) is 10.8 Å². The van der Waals surface area contributed by atoms with Gasteiger partial charge in [0, 0.05) is 5.56 Å². The van der Waals surface area contributed by atoms with Crippen LogP contribution in [-0.2, 0) is 0 Å². The minimum absolute atomic E-state index is 0.00673. The summed E-state index contributed by atoms with van der Waals surface area (Å²) in [5, 5.41) is 2.99. The Labute approximate surface area is 108 Å². The van der Waals surface area contributed by atoms with Crippen molar-refractivity contribution in [1.29, 1.82) is 0 Å². The normalized spacial score (nSPS) is 10.5. The maximum absolute atomic E-state index is 13.5. The molecule has 0 atom stereocenters. The maximum atomic E-state index is 13.5. The average Bonchev–Trinajstić information content (AvgIpc) is 2.31. The molecule has 2 aromatic rings. The molecule has 0 saturated heterocycles. The Morgan fingerprint density at radius 3 is 2.61 bits per heavy atom. The largest absolute Gasteiger partial charge is 0.337 e. The summed E-state index contributed by atoms with van der Waals surface area (Å²) in [6.45, 7) is 3.36. The summed E-state index contributed by atoms with van der Waals surface area (Å²) in [6.07, 6.45) is 0. The number of hydrogen-bond donors (Lipinski definition) is 1. The van der Waals surface area contributed by atoms with E-state index < -0.39 is 11.6 Å². The molecule has 1 aromatic heterocycles. The number of rotatable bonds is 2. The molecular weight excluding hydrogens is 260 g/mol. The zero-order valence-corrected chi connectivity index (χ0v) is 10.5. The van der Waals surface area contributed by atoms with Crippen LogP contribution in [-0.4, -0.2) is 9.97 Å². The molecule has 2 rings (SSSR count). The lowest BCUT2D eigenvalue weighted by Gasteiger charge is -2.11. The zero-order chi connectivity index (χ0) is 13.3. The number of halogens is 3. The van der Waals surface area contributed by atoms with E-state index in [1.807, 2.05) is 0 Å². The number of benzene rings is 1. The molecule has 0 unspecified atom stereocenters. The molecule has 0 aliphatic rings. The molecule has 0 radical (unpaired) electrons. The van der Waals surface area contributed by atoms with Gasteiger partial charge in [-0.05, 0) is 26.0 Å². The second-order valence-electron chi connectivity index (χ2n) is 3.76. The summed E-state index contributed by atoms with van der Waals surface area (Å²) < 4.78 is 26.6. The Bertz CT molecular complexity index is 602. The first-order valence-corrected chi connectivity index (χ1v) is 5.58. The number of aryl methyl sites for hydroxylation is 1. The van der Waals surface area contributed by atoms with E-state index in [4.69, 9.17) is 11.6 Å². The van der Waals surface area contributed by atoms with Crippen LogP contribution in [0.1, 0.15) is 11.4 Å². The first-order chi connectivity index (χ1) is 8.49. The summed E-state index contributed by atoms with van der Waals surface area (Å²) in [5.74, 6) is -1.07. The molecule has 1 N–H and O–H groups in total. The molecule has 0 bridgehead atoms. The molecule has 0 spiro atoms. The smallest absolute Gasteiger partial charge is 0.182 e. The third-order valence-corrected chi connectivity index (χ3v) is 2.77. The Morgan fingerprint density at radius 2 is 1.89 bits per heavy atom. The van der Waals surface area contributed by atoms with Crippen LogP contribution in [0.4, 0.5) is 20.3 Å². The van der Waals surface area contributed by atoms with E-state index in [1.165, 1.54) is 12.1 Å². The van der Waals surface area contributed by atoms with E-state index in [0.717, 1.165) is 6.07 Å². The first-order valence-electron chi connectivity index (χ1n) is 5.21. The Balaban J connectivity index is 2.43. The van der Waals surface area contributed by atoms with Crippen molar-refractivity contribution in [3.8, 4) is 0 Å². The SMILES string of the molecule is Cc1nc(Cl)c(C)c(Nc2cccc(F)c2F)n1. The molecule has 0 saturated carbocycles. The monoisotopic (exact) mass is 269 g/mol. The Hall–Kier alpha value is -1.75. The fourth-order valence-electron chi connectivity index (χ4n) is 1.44. The highest BCUT2D eigenvalue weighted by molar-refractivity contribution is 6.30. The highest BCUT2D eigenvalue weighted by atomic mass is 35.5. The van der Waals surface area contributed by atoms with Gasteiger partial charge in [-0.3, -0.25) is 0 Å². The third kappa shape index (κ3) is 2.41. The molecule has 0 aliphatic carbocycles. The minimum Gasteiger partial charge on any atom is -0.337 e. The molecule has 0 fully saturated rings. The summed E-state index contributed by atoms with van der Waals surface area (Å²) >= 11 is 5.90. The lowest BCUT2D eigenvalue weighted by Crippen LogP contribution is -2.03. The van der Waals surface area contributed by atoms with Crippen molar-refractivity contribution in [3.63, 3.8) is 0 Å². The lowest BCUT2D eigenvalue weighted by molar-refractivity contribution is 0.511. The molecule has 3 nitrogen and oxygen atoms in total. The van der Waals surface area contributed by atoms with Crippen LogP contribution < -0.4 is 5.32 Å². The summed E-state index contributed by atoms with van der Waals surface area (Å²) in [4.78, 5) is 8.07. The highest BCUT2D eigenvalue weighted by Crippen LogP contribution is 2.25. The van der Waals surface area contributed by atoms with Crippen LogP contribution in [0, 0.1) is 25.5 Å². The van der Waals surface area contributed by atoms with Gasteiger partial charge in [0.2, 0.25) is 0 Å². The van der Waals surface area contributed by atoms with Gasteiger partial charge < -0.3 is 5.32 Å². The van der Waals surface area contributed by atoms with Gasteiger partial charge in [0.1, 0.15) is 16.8 Å². The van der Waals surface area contributed by atoms with E-state index in [2.05, 4.69) is 15.3 Å². The molecule has 18 heavy (non-hydrogen) atoms. The van der Waals surface area contributed by atoms with Crippen molar-refractivity contribution in [3.05, 3.63) is 46.4 Å². The van der Waals surface area contributed by atoms with Gasteiger partial charge in [-0.2, -0.15) is 0 Å². The standard InChI is InChI=1S/C12H10ClF2N3/c1-6-11(13)16-7(2)17-12(6)18-9-5-3-4-8(14)10(9)15/h3-5H,1-2H3,(H,16,17,18). The van der Waals surface area contributed by atoms with Crippen LogP contribution in [0.5, 0.6) is 0 Å². The van der Waals surface area contributed by atoms with Crippen molar-refractivity contribution >= 4 is 23.1 Å². The van der Waals surface area contributed by atoms with Crippen LogP contribution in [0.25, 0.3) is 0 Å². The van der Waals surface area contributed by atoms with Crippen LogP contribution in [0.2, 0.25) is 5.15 Å². The number of aromatic nitrogens is 2. The molecule has 1 aromatic carbocycles. The Kier molecular flexibility index (Phi) is 3.43. The number of hydrogen-bond acceptors (Lipinski definition) is 3. The van der Waals surface area contributed by atoms with E-state index >= 15 is 0 Å². The van der Waals surface area contributed by atoms with E-state index in [9.17, 15) is 8.78 Å². The summed E-state index contributed by atoms with van der Waals surface area (Å²) in [7, 11) is 0. The van der Waals surface area contributed by atoms with Gasteiger partial charge in [-0.15, -0.1) is 0 Å². The van der Waals surface area contributed by atoms with Crippen LogP contribution in [0.3, 0.4) is 0 Å². The van der Waals surface area contributed by atoms with Gasteiger partial charge >= 0.3 is 0 Å². The second-order valence-corrected chi connectivity index (χ2v) is 4.12. The summed E-state index contributed by atoms with van der Waals surface area (Å²) in [5.41, 5.74) is 0.582. The van der Waals surface area contributed by atoms with Gasteiger partial charge in [0.25, 0.3) is 0 Å². The molecule has 0 aliphatic heterocycles. The molecule has 94 valence electrons. The lowest BCUT2D eigenvalue weighted by atomic mass is 10.2. The quantitative estimate of drug-likeness (QED) is 0.844. The van der Waals surface area contributed by atoms with Crippen LogP contribution in [0.15, 0.2) is 18.2 Å². The molecule has 1 heterocycles. The summed E-state index contributed by atoms with van der Waals surface area (Å²) in [6, 6.07) is 3.88. The molecular formula is C12H10ClF2N3. The first kappa shape index (κ1) is 12.7. The van der Waals surface area contributed by atoms with Crippen molar-refractivity contribution in [2.75, 3.05) is 5.32 Å². The second kappa shape index (κ2) is 4.86. The zero-order valence-electron chi connectivity index (χ0n) is 9.76. The predicted octanol–water partition coefficient (Wildman–Crippen LogP) is 3.77. The van der Waals surface area contributed by atoms with Crippen molar-refractivity contribution in [1.82, 2.24) is 9.97 Å². The third-order valence-electron chi connectivity index (χ3n) is 2.40. The Morgan fingerprint density at radius 1 is 1.17 bits per heavy atom.